The molecule has 6 heteroatoms. The molecule has 0 N–H and O–H groups in total. The minimum absolute atomic E-state index is 0. The molecule has 0 bridgehead atoms. The fourth-order valence-corrected chi connectivity index (χ4v) is 3.09. The second kappa shape index (κ2) is 19.7. The summed E-state index contributed by atoms with van der Waals surface area (Å²) in [6.45, 7) is 18.0. The molecule has 39 heavy (non-hydrogen) atoms. The first-order chi connectivity index (χ1) is 16.5. The van der Waals surface area contributed by atoms with Gasteiger partial charge < -0.3 is 16.2 Å². The molecule has 0 aliphatic rings. The largest absolute Gasteiger partial charge is 1.00 e. The fourth-order valence-electron chi connectivity index (χ4n) is 3.09. The first-order valence-corrected chi connectivity index (χ1v) is 12.4. The number of hydrogen-bond acceptors (Lipinski definition) is 0. The van der Waals surface area contributed by atoms with E-state index < -0.39 is 0 Å². The Hall–Kier alpha value is -0.330. The quantitative estimate of drug-likeness (QED) is 0.333. The van der Waals surface area contributed by atoms with Gasteiger partial charge in [-0.1, -0.05) is 153 Å². The Labute approximate surface area is 304 Å². The monoisotopic (exact) mass is 549 g/mol. The Balaban J connectivity index is -0.000000480. The minimum Gasteiger partial charge on any atom is -0.807 e. The number of benzene rings is 3. The van der Waals surface area contributed by atoms with Crippen LogP contribution in [-0.4, -0.2) is 17.1 Å². The molecule has 0 amide bonds. The van der Waals surface area contributed by atoms with Crippen LogP contribution in [0.1, 0.15) is 79.0 Å². The predicted molar refractivity (Wildman–Crippen MR) is 160 cm³/mol. The van der Waals surface area contributed by atoms with Crippen molar-refractivity contribution in [3.8, 4) is 0 Å². The summed E-state index contributed by atoms with van der Waals surface area (Å²) in [5.74, 6) is 0. The molecule has 3 rings (SSSR count). The van der Waals surface area contributed by atoms with Crippen LogP contribution in [0, 0.1) is 16.2 Å². The minimum atomic E-state index is -0.165. The maximum Gasteiger partial charge on any atom is 1.00 e. The summed E-state index contributed by atoms with van der Waals surface area (Å²) in [7, 11) is 0. The zero-order valence-electron chi connectivity index (χ0n) is 26.5. The van der Waals surface area contributed by atoms with Gasteiger partial charge in [0.15, 0.2) is 0 Å². The Morgan fingerprint density at radius 1 is 0.359 bits per heavy atom. The van der Waals surface area contributed by atoms with Gasteiger partial charge in [-0.15, -0.1) is 0 Å². The van der Waals surface area contributed by atoms with Gasteiger partial charge in [0.2, 0.25) is 0 Å². The molecule has 0 atom stereocenters. The zero-order valence-corrected chi connectivity index (χ0v) is 32.5. The standard InChI is InChI=1S/3C11H14N.3Na/c3*1-11(2,3)10(12)9-7-5-4-6-8-9;;;/h3*4-8H,1-3H3;;;/q3*-1;3*+1. The van der Waals surface area contributed by atoms with Crippen molar-refractivity contribution >= 4 is 17.1 Å². The van der Waals surface area contributed by atoms with Crippen molar-refractivity contribution in [1.82, 2.24) is 0 Å². The molecule has 0 aliphatic carbocycles. The van der Waals surface area contributed by atoms with E-state index in [0.717, 1.165) is 16.7 Å². The maximum absolute atomic E-state index is 9.77. The first kappa shape index (κ1) is 43.1. The van der Waals surface area contributed by atoms with Crippen molar-refractivity contribution in [2.45, 2.75) is 62.3 Å². The van der Waals surface area contributed by atoms with Crippen LogP contribution >= 0.6 is 0 Å². The summed E-state index contributed by atoms with van der Waals surface area (Å²) in [5, 5.41) is 29.3. The van der Waals surface area contributed by atoms with Gasteiger partial charge in [-0.3, -0.25) is 0 Å². The van der Waals surface area contributed by atoms with Crippen LogP contribution < -0.4 is 88.7 Å². The van der Waals surface area contributed by atoms with Crippen LogP contribution in [0.15, 0.2) is 91.0 Å². The Bertz CT molecular complexity index is 962. The fraction of sp³-hybridized carbons (Fsp3) is 0.364. The average Bonchev–Trinajstić information content (AvgIpc) is 2.83. The zero-order chi connectivity index (χ0) is 27.6. The van der Waals surface area contributed by atoms with E-state index in [9.17, 15) is 16.2 Å². The summed E-state index contributed by atoms with van der Waals surface area (Å²) in [6, 6.07) is 28.9. The molecule has 3 aromatic carbocycles. The molecule has 0 spiro atoms. The normalized spacial score (nSPS) is 10.4. The van der Waals surface area contributed by atoms with Gasteiger partial charge in [0.05, 0.1) is 0 Å². The van der Waals surface area contributed by atoms with Gasteiger partial charge in [-0.25, -0.2) is 0 Å². The molecule has 0 radical (unpaired) electrons. The van der Waals surface area contributed by atoms with Crippen molar-refractivity contribution < 1.29 is 88.7 Å². The third-order valence-electron chi connectivity index (χ3n) is 5.27. The van der Waals surface area contributed by atoms with Gasteiger partial charge in [-0.05, 0) is 32.9 Å². The van der Waals surface area contributed by atoms with Crippen LogP contribution in [0.4, 0.5) is 0 Å². The maximum atomic E-state index is 9.77. The van der Waals surface area contributed by atoms with E-state index in [-0.39, 0.29) is 105 Å². The summed E-state index contributed by atoms with van der Waals surface area (Å²) >= 11 is 0. The van der Waals surface area contributed by atoms with Crippen LogP contribution in [-0.2, 0) is 0 Å². The molecular formula is C33H42N3Na3. The van der Waals surface area contributed by atoms with Gasteiger partial charge in [0.1, 0.15) is 0 Å². The molecule has 0 heterocycles. The third-order valence-corrected chi connectivity index (χ3v) is 5.27. The molecule has 0 fully saturated rings. The van der Waals surface area contributed by atoms with Crippen molar-refractivity contribution in [2.75, 3.05) is 0 Å². The molecule has 0 aromatic heterocycles. The van der Waals surface area contributed by atoms with Crippen LogP contribution in [0.2, 0.25) is 0 Å². The van der Waals surface area contributed by atoms with Gasteiger partial charge >= 0.3 is 88.7 Å². The van der Waals surface area contributed by atoms with E-state index in [4.69, 9.17) is 0 Å². The average molecular weight is 550 g/mol. The van der Waals surface area contributed by atoms with E-state index in [0.29, 0.717) is 17.1 Å². The molecule has 3 aromatic rings. The van der Waals surface area contributed by atoms with Gasteiger partial charge in [0, 0.05) is 0 Å². The van der Waals surface area contributed by atoms with Crippen molar-refractivity contribution in [3.05, 3.63) is 124 Å². The van der Waals surface area contributed by atoms with Crippen LogP contribution in [0.5, 0.6) is 0 Å². The van der Waals surface area contributed by atoms with E-state index in [2.05, 4.69) is 0 Å². The van der Waals surface area contributed by atoms with E-state index >= 15 is 0 Å². The first-order valence-electron chi connectivity index (χ1n) is 12.4. The molecule has 0 aliphatic heterocycles. The van der Waals surface area contributed by atoms with Gasteiger partial charge in [0.25, 0.3) is 0 Å². The molecular weight excluding hydrogens is 507 g/mol. The van der Waals surface area contributed by atoms with E-state index in [1.807, 2.05) is 153 Å². The molecule has 0 saturated heterocycles. The van der Waals surface area contributed by atoms with E-state index in [1.54, 1.807) is 0 Å². The Kier molecular flexibility index (Phi) is 21.8. The number of nitrogens with zero attached hydrogens (tertiary/aromatic N) is 3. The van der Waals surface area contributed by atoms with Crippen molar-refractivity contribution in [2.24, 2.45) is 16.2 Å². The second-order valence-electron chi connectivity index (χ2n) is 11.9. The summed E-state index contributed by atoms with van der Waals surface area (Å²) < 4.78 is 0. The SMILES string of the molecule is CC(C)(C)C(=[N-])c1ccccc1.CC(C)(C)C(=[N-])c1ccccc1.CC(C)(C)C(=[N-])c1ccccc1.[Na+].[Na+].[Na+]. The van der Waals surface area contributed by atoms with E-state index in [1.165, 1.54) is 0 Å². The Morgan fingerprint density at radius 2 is 0.513 bits per heavy atom. The topological polar surface area (TPSA) is 66.9 Å². The summed E-state index contributed by atoms with van der Waals surface area (Å²) in [6.07, 6.45) is 0. The third kappa shape index (κ3) is 16.6. The smallest absolute Gasteiger partial charge is 0.807 e. The number of rotatable bonds is 3. The number of hydrogen-bond donors (Lipinski definition) is 0. The predicted octanol–water partition coefficient (Wildman–Crippen LogP) is 0.286. The van der Waals surface area contributed by atoms with Gasteiger partial charge in [-0.2, -0.15) is 17.1 Å². The Morgan fingerprint density at radius 3 is 0.641 bits per heavy atom. The van der Waals surface area contributed by atoms with Crippen LogP contribution in [0.3, 0.4) is 0 Å². The van der Waals surface area contributed by atoms with Crippen molar-refractivity contribution in [1.29, 1.82) is 0 Å². The second-order valence-corrected chi connectivity index (χ2v) is 11.9. The summed E-state index contributed by atoms with van der Waals surface area (Å²) in [5.41, 5.74) is 3.57. The van der Waals surface area contributed by atoms with Crippen molar-refractivity contribution in [3.63, 3.8) is 0 Å². The molecule has 3 nitrogen and oxygen atoms in total. The molecule has 0 unspecified atom stereocenters. The molecule has 0 saturated carbocycles. The van der Waals surface area contributed by atoms with Crippen LogP contribution in [0.25, 0.3) is 16.2 Å². The summed E-state index contributed by atoms with van der Waals surface area (Å²) in [4.78, 5) is 0. The molecule has 192 valence electrons.